The molecule has 0 aromatic heterocycles. The van der Waals surface area contributed by atoms with E-state index in [1.54, 1.807) is 7.11 Å². The summed E-state index contributed by atoms with van der Waals surface area (Å²) in [5, 5.41) is 0. The SMILES string of the molecule is COc1ccccc1Oc1ccc(CC(C)N)cc1C. The maximum absolute atomic E-state index is 5.93. The summed E-state index contributed by atoms with van der Waals surface area (Å²) in [4.78, 5) is 0. The Hall–Kier alpha value is -2.00. The average Bonchev–Trinajstić information content (AvgIpc) is 2.42. The summed E-state index contributed by atoms with van der Waals surface area (Å²) < 4.78 is 11.2. The van der Waals surface area contributed by atoms with Crippen LogP contribution in [0.2, 0.25) is 0 Å². The Morgan fingerprint density at radius 2 is 1.75 bits per heavy atom. The van der Waals surface area contributed by atoms with Gasteiger partial charge in [-0.3, -0.25) is 0 Å². The van der Waals surface area contributed by atoms with Crippen molar-refractivity contribution in [2.24, 2.45) is 5.73 Å². The molecule has 1 unspecified atom stereocenters. The van der Waals surface area contributed by atoms with E-state index in [1.807, 2.05) is 44.2 Å². The number of hydrogen-bond acceptors (Lipinski definition) is 3. The van der Waals surface area contributed by atoms with E-state index in [-0.39, 0.29) is 6.04 Å². The highest BCUT2D eigenvalue weighted by atomic mass is 16.5. The minimum Gasteiger partial charge on any atom is -0.493 e. The van der Waals surface area contributed by atoms with Crippen molar-refractivity contribution in [2.45, 2.75) is 26.3 Å². The zero-order chi connectivity index (χ0) is 14.5. The van der Waals surface area contributed by atoms with E-state index in [9.17, 15) is 0 Å². The molecule has 0 spiro atoms. The van der Waals surface area contributed by atoms with Crippen LogP contribution in [0.3, 0.4) is 0 Å². The van der Waals surface area contributed by atoms with Crippen LogP contribution < -0.4 is 15.2 Å². The molecule has 3 nitrogen and oxygen atoms in total. The van der Waals surface area contributed by atoms with Gasteiger partial charge in [-0.05, 0) is 49.6 Å². The number of rotatable bonds is 5. The van der Waals surface area contributed by atoms with E-state index in [4.69, 9.17) is 15.2 Å². The number of aryl methyl sites for hydroxylation is 1. The molecule has 1 atom stereocenters. The van der Waals surface area contributed by atoms with Crippen molar-refractivity contribution in [3.8, 4) is 17.2 Å². The summed E-state index contributed by atoms with van der Waals surface area (Å²) in [6.07, 6.45) is 0.871. The van der Waals surface area contributed by atoms with Crippen molar-refractivity contribution >= 4 is 0 Å². The van der Waals surface area contributed by atoms with E-state index in [1.165, 1.54) is 5.56 Å². The zero-order valence-electron chi connectivity index (χ0n) is 12.2. The Labute approximate surface area is 120 Å². The number of nitrogens with two attached hydrogens (primary N) is 1. The summed E-state index contributed by atoms with van der Waals surface area (Å²) in [6.45, 7) is 4.05. The molecule has 0 fully saturated rings. The van der Waals surface area contributed by atoms with Gasteiger partial charge >= 0.3 is 0 Å². The van der Waals surface area contributed by atoms with Crippen molar-refractivity contribution in [2.75, 3.05) is 7.11 Å². The van der Waals surface area contributed by atoms with Crippen molar-refractivity contribution in [3.63, 3.8) is 0 Å². The van der Waals surface area contributed by atoms with Crippen LogP contribution in [0.1, 0.15) is 18.1 Å². The van der Waals surface area contributed by atoms with Gasteiger partial charge in [0.1, 0.15) is 5.75 Å². The minimum atomic E-state index is 0.162. The van der Waals surface area contributed by atoms with Gasteiger partial charge in [0.25, 0.3) is 0 Å². The van der Waals surface area contributed by atoms with Gasteiger partial charge < -0.3 is 15.2 Å². The Bertz CT molecular complexity index is 579. The van der Waals surface area contributed by atoms with Crippen molar-refractivity contribution in [3.05, 3.63) is 53.6 Å². The predicted molar refractivity (Wildman–Crippen MR) is 81.6 cm³/mol. The van der Waals surface area contributed by atoms with Crippen molar-refractivity contribution in [1.82, 2.24) is 0 Å². The number of hydrogen-bond donors (Lipinski definition) is 1. The second kappa shape index (κ2) is 6.44. The lowest BCUT2D eigenvalue weighted by Gasteiger charge is -2.13. The van der Waals surface area contributed by atoms with E-state index in [0.29, 0.717) is 0 Å². The van der Waals surface area contributed by atoms with Crippen LogP contribution in [0, 0.1) is 6.92 Å². The molecular formula is C17H21NO2. The van der Waals surface area contributed by atoms with Crippen molar-refractivity contribution in [1.29, 1.82) is 0 Å². The lowest BCUT2D eigenvalue weighted by Crippen LogP contribution is -2.17. The van der Waals surface area contributed by atoms with Gasteiger partial charge in [-0.2, -0.15) is 0 Å². The third-order valence-electron chi connectivity index (χ3n) is 3.09. The van der Waals surface area contributed by atoms with E-state index < -0.39 is 0 Å². The van der Waals surface area contributed by atoms with Gasteiger partial charge in [0, 0.05) is 6.04 Å². The standard InChI is InChI=1S/C17H21NO2/c1-12-10-14(11-13(2)18)8-9-15(12)20-17-7-5-4-6-16(17)19-3/h4-10,13H,11,18H2,1-3H3. The third kappa shape index (κ3) is 3.52. The molecule has 0 heterocycles. The van der Waals surface area contributed by atoms with Gasteiger partial charge in [0.15, 0.2) is 11.5 Å². The Morgan fingerprint density at radius 1 is 1.05 bits per heavy atom. The van der Waals surface area contributed by atoms with Crippen LogP contribution in [-0.4, -0.2) is 13.2 Å². The van der Waals surface area contributed by atoms with Crippen LogP contribution in [0.5, 0.6) is 17.2 Å². The Balaban J connectivity index is 2.21. The summed E-state index contributed by atoms with van der Waals surface area (Å²) in [5.41, 5.74) is 8.14. The average molecular weight is 271 g/mol. The molecule has 0 bridgehead atoms. The molecule has 0 saturated heterocycles. The smallest absolute Gasteiger partial charge is 0.169 e. The maximum Gasteiger partial charge on any atom is 0.169 e. The normalized spacial score (nSPS) is 12.0. The summed E-state index contributed by atoms with van der Waals surface area (Å²) in [5.74, 6) is 2.28. The van der Waals surface area contributed by atoms with Gasteiger partial charge in [-0.1, -0.05) is 24.3 Å². The lowest BCUT2D eigenvalue weighted by atomic mass is 10.0. The van der Waals surface area contributed by atoms with Crippen LogP contribution in [-0.2, 0) is 6.42 Å². The fourth-order valence-electron chi connectivity index (χ4n) is 2.15. The Morgan fingerprint density at radius 3 is 2.35 bits per heavy atom. The first-order valence-corrected chi connectivity index (χ1v) is 6.76. The first kappa shape index (κ1) is 14.4. The molecular weight excluding hydrogens is 250 g/mol. The van der Waals surface area contributed by atoms with Crippen LogP contribution in [0.4, 0.5) is 0 Å². The summed E-state index contributed by atoms with van der Waals surface area (Å²) in [7, 11) is 1.64. The Kier molecular flexibility index (Phi) is 4.64. The van der Waals surface area contributed by atoms with E-state index >= 15 is 0 Å². The number of benzene rings is 2. The molecule has 2 rings (SSSR count). The highest BCUT2D eigenvalue weighted by Gasteiger charge is 2.07. The molecule has 0 amide bonds. The molecule has 0 aliphatic heterocycles. The largest absolute Gasteiger partial charge is 0.493 e. The number of ether oxygens (including phenoxy) is 2. The quantitative estimate of drug-likeness (QED) is 0.902. The molecule has 0 radical (unpaired) electrons. The number of methoxy groups -OCH3 is 1. The second-order valence-electron chi connectivity index (χ2n) is 5.03. The predicted octanol–water partition coefficient (Wildman–Crippen LogP) is 3.69. The third-order valence-corrected chi connectivity index (χ3v) is 3.09. The molecule has 2 N–H and O–H groups in total. The first-order chi connectivity index (χ1) is 9.60. The van der Waals surface area contributed by atoms with Gasteiger partial charge in [0.2, 0.25) is 0 Å². The molecule has 0 aliphatic carbocycles. The molecule has 2 aromatic rings. The first-order valence-electron chi connectivity index (χ1n) is 6.76. The minimum absolute atomic E-state index is 0.162. The van der Waals surface area contributed by atoms with Crippen LogP contribution >= 0.6 is 0 Å². The van der Waals surface area contributed by atoms with Crippen molar-refractivity contribution < 1.29 is 9.47 Å². The second-order valence-corrected chi connectivity index (χ2v) is 5.03. The molecule has 0 saturated carbocycles. The molecule has 0 aliphatic rings. The van der Waals surface area contributed by atoms with Gasteiger partial charge in [0.05, 0.1) is 7.11 Å². The highest BCUT2D eigenvalue weighted by molar-refractivity contribution is 5.45. The van der Waals surface area contributed by atoms with E-state index in [2.05, 4.69) is 12.1 Å². The fraction of sp³-hybridized carbons (Fsp3) is 0.294. The highest BCUT2D eigenvalue weighted by Crippen LogP contribution is 2.32. The van der Waals surface area contributed by atoms with E-state index in [0.717, 1.165) is 29.2 Å². The monoisotopic (exact) mass is 271 g/mol. The summed E-state index contributed by atoms with van der Waals surface area (Å²) >= 11 is 0. The number of para-hydroxylation sites is 2. The molecule has 106 valence electrons. The lowest BCUT2D eigenvalue weighted by molar-refractivity contribution is 0.378. The van der Waals surface area contributed by atoms with Gasteiger partial charge in [-0.15, -0.1) is 0 Å². The fourth-order valence-corrected chi connectivity index (χ4v) is 2.15. The topological polar surface area (TPSA) is 44.5 Å². The zero-order valence-corrected chi connectivity index (χ0v) is 12.2. The molecule has 20 heavy (non-hydrogen) atoms. The maximum atomic E-state index is 5.93. The van der Waals surface area contributed by atoms with Crippen LogP contribution in [0.25, 0.3) is 0 Å². The van der Waals surface area contributed by atoms with Gasteiger partial charge in [-0.25, -0.2) is 0 Å². The molecule has 2 aromatic carbocycles. The summed E-state index contributed by atoms with van der Waals surface area (Å²) in [6, 6.07) is 14.0. The molecule has 3 heteroatoms. The van der Waals surface area contributed by atoms with Crippen LogP contribution in [0.15, 0.2) is 42.5 Å².